The quantitative estimate of drug-likeness (QED) is 0.341. The molecule has 4 rings (SSSR count). The number of aryl methyl sites for hydroxylation is 2. The molecule has 1 heterocycles. The second-order valence-electron chi connectivity index (χ2n) is 7.82. The molecule has 3 aromatic carbocycles. The molecule has 33 heavy (non-hydrogen) atoms. The summed E-state index contributed by atoms with van der Waals surface area (Å²) in [6.07, 6.45) is 3.13. The van der Waals surface area contributed by atoms with Gasteiger partial charge in [0.25, 0.3) is 0 Å². The molecule has 0 aliphatic carbocycles. The molecule has 1 aromatic heterocycles. The Hall–Kier alpha value is -3.69. The van der Waals surface area contributed by atoms with Crippen molar-refractivity contribution in [3.8, 4) is 17.3 Å². The molecule has 0 amide bonds. The van der Waals surface area contributed by atoms with Crippen molar-refractivity contribution in [1.29, 1.82) is 5.26 Å². The normalized spacial score (nSPS) is 11.0. The Labute approximate surface area is 190 Å². The van der Waals surface area contributed by atoms with Crippen molar-refractivity contribution in [2.24, 2.45) is 0 Å². The van der Waals surface area contributed by atoms with Gasteiger partial charge in [-0.2, -0.15) is 5.26 Å². The lowest BCUT2D eigenvalue weighted by atomic mass is 9.98. The molecule has 0 radical (unpaired) electrons. The molecule has 0 N–H and O–H groups in total. The molecule has 0 saturated heterocycles. The fourth-order valence-corrected chi connectivity index (χ4v) is 3.81. The van der Waals surface area contributed by atoms with Gasteiger partial charge in [-0.15, -0.1) is 0 Å². The van der Waals surface area contributed by atoms with Gasteiger partial charge >= 0.3 is 0 Å². The van der Waals surface area contributed by atoms with Gasteiger partial charge in [0, 0.05) is 24.3 Å². The van der Waals surface area contributed by atoms with Gasteiger partial charge in [0.05, 0.1) is 12.3 Å². The lowest BCUT2D eigenvalue weighted by Gasteiger charge is -2.10. The predicted molar refractivity (Wildman–Crippen MR) is 121 cm³/mol. The minimum Gasteiger partial charge on any atom is -0.384 e. The van der Waals surface area contributed by atoms with E-state index in [2.05, 4.69) is 4.98 Å². The zero-order valence-electron chi connectivity index (χ0n) is 18.0. The number of methoxy groups -OCH3 is 1. The molecular weight excluding hydrogens is 425 g/mol. The summed E-state index contributed by atoms with van der Waals surface area (Å²) in [7, 11) is 1.66. The number of halogens is 3. The van der Waals surface area contributed by atoms with Crippen LogP contribution in [-0.4, -0.2) is 18.7 Å². The highest BCUT2D eigenvalue weighted by Gasteiger charge is 2.13. The molecule has 0 atom stereocenters. The van der Waals surface area contributed by atoms with Crippen LogP contribution in [0.5, 0.6) is 0 Å². The van der Waals surface area contributed by atoms with Crippen molar-refractivity contribution >= 4 is 10.8 Å². The first-order valence-corrected chi connectivity index (χ1v) is 10.5. The summed E-state index contributed by atoms with van der Waals surface area (Å²) in [6, 6.07) is 16.7. The number of nitriles is 1. The van der Waals surface area contributed by atoms with Crippen molar-refractivity contribution in [2.75, 3.05) is 13.7 Å². The number of pyridine rings is 1. The lowest BCUT2D eigenvalue weighted by Crippen LogP contribution is -1.99. The molecule has 166 valence electrons. The number of hydrogen-bond donors (Lipinski definition) is 0. The monoisotopic (exact) mass is 446 g/mol. The second-order valence-corrected chi connectivity index (χ2v) is 7.82. The predicted octanol–water partition coefficient (Wildman–Crippen LogP) is 6.16. The Bertz CT molecular complexity index is 1320. The summed E-state index contributed by atoms with van der Waals surface area (Å²) in [4.78, 5) is 4.51. The first-order chi connectivity index (χ1) is 16.0. The summed E-state index contributed by atoms with van der Waals surface area (Å²) >= 11 is 0. The van der Waals surface area contributed by atoms with E-state index in [0.717, 1.165) is 40.8 Å². The van der Waals surface area contributed by atoms with E-state index in [1.165, 1.54) is 6.07 Å². The van der Waals surface area contributed by atoms with Crippen LogP contribution in [0.15, 0.2) is 60.8 Å². The van der Waals surface area contributed by atoms with Crippen LogP contribution in [0, 0.1) is 28.8 Å². The highest BCUT2D eigenvalue weighted by atomic mass is 19.1. The van der Waals surface area contributed by atoms with Gasteiger partial charge in [-0.25, -0.2) is 13.2 Å². The Balaban J connectivity index is 1.54. The second kappa shape index (κ2) is 9.85. The van der Waals surface area contributed by atoms with Gasteiger partial charge in [-0.3, -0.25) is 4.98 Å². The Morgan fingerprint density at radius 1 is 0.879 bits per heavy atom. The van der Waals surface area contributed by atoms with Gasteiger partial charge in [0.2, 0.25) is 0 Å². The van der Waals surface area contributed by atoms with Crippen molar-refractivity contribution in [2.45, 2.75) is 19.3 Å². The molecule has 0 unspecified atom stereocenters. The maximum absolute atomic E-state index is 15.1. The van der Waals surface area contributed by atoms with E-state index < -0.39 is 17.2 Å². The summed E-state index contributed by atoms with van der Waals surface area (Å²) in [5, 5.41) is 10.0. The topological polar surface area (TPSA) is 45.9 Å². The molecule has 0 saturated carbocycles. The molecule has 4 aromatic rings. The fraction of sp³-hybridized carbons (Fsp3) is 0.185. The number of aromatic nitrogens is 1. The van der Waals surface area contributed by atoms with Crippen LogP contribution >= 0.6 is 0 Å². The molecule has 0 bridgehead atoms. The molecule has 0 aliphatic rings. The van der Waals surface area contributed by atoms with Crippen LogP contribution in [0.1, 0.15) is 22.3 Å². The van der Waals surface area contributed by atoms with E-state index in [1.54, 1.807) is 19.2 Å². The maximum atomic E-state index is 15.1. The van der Waals surface area contributed by atoms with Crippen molar-refractivity contribution < 1.29 is 17.9 Å². The smallest absolute Gasteiger partial charge is 0.144 e. The van der Waals surface area contributed by atoms with Gasteiger partial charge in [-0.05, 0) is 65.6 Å². The minimum absolute atomic E-state index is 0.249. The third kappa shape index (κ3) is 4.89. The van der Waals surface area contributed by atoms with Crippen molar-refractivity contribution in [3.05, 3.63) is 100 Å². The molecule has 0 spiro atoms. The number of fused-ring (bicyclic) bond motifs is 1. The standard InChI is InChI=1S/C27H21F3N2O/c1-33-11-10-17-3-9-26(32-16-17)21-7-8-22-20(14-21)6-5-19(27(22)30)4-2-18-12-24(28)23(15-31)25(29)13-18/h3,5-9,12-14,16H,2,4,10-11H2,1H3. The van der Waals surface area contributed by atoms with E-state index in [9.17, 15) is 8.78 Å². The number of hydrogen-bond acceptors (Lipinski definition) is 3. The van der Waals surface area contributed by atoms with Crippen molar-refractivity contribution in [3.63, 3.8) is 0 Å². The van der Waals surface area contributed by atoms with Crippen molar-refractivity contribution in [1.82, 2.24) is 4.98 Å². The van der Waals surface area contributed by atoms with E-state index >= 15 is 4.39 Å². The maximum Gasteiger partial charge on any atom is 0.144 e. The number of benzene rings is 3. The highest BCUT2D eigenvalue weighted by Crippen LogP contribution is 2.27. The first kappa shape index (κ1) is 22.5. The summed E-state index contributed by atoms with van der Waals surface area (Å²) < 4.78 is 47.9. The van der Waals surface area contributed by atoms with Crippen LogP contribution in [0.25, 0.3) is 22.0 Å². The number of ether oxygens (including phenoxy) is 1. The lowest BCUT2D eigenvalue weighted by molar-refractivity contribution is 0.202. The van der Waals surface area contributed by atoms with Crippen LogP contribution in [-0.2, 0) is 24.0 Å². The van der Waals surface area contributed by atoms with Crippen LogP contribution in [0.2, 0.25) is 0 Å². The van der Waals surface area contributed by atoms with Gasteiger partial charge in [0.15, 0.2) is 0 Å². The molecular formula is C27H21F3N2O. The van der Waals surface area contributed by atoms with Crippen LogP contribution in [0.3, 0.4) is 0 Å². The third-order valence-corrected chi connectivity index (χ3v) is 5.65. The average molecular weight is 446 g/mol. The van der Waals surface area contributed by atoms with E-state index in [4.69, 9.17) is 10.00 Å². The number of nitrogens with zero attached hydrogens (tertiary/aromatic N) is 2. The summed E-state index contributed by atoms with van der Waals surface area (Å²) in [5.74, 6) is -2.16. The van der Waals surface area contributed by atoms with Gasteiger partial charge in [-0.1, -0.05) is 30.3 Å². The Morgan fingerprint density at radius 3 is 2.33 bits per heavy atom. The fourth-order valence-electron chi connectivity index (χ4n) is 3.81. The first-order valence-electron chi connectivity index (χ1n) is 10.5. The number of rotatable bonds is 7. The van der Waals surface area contributed by atoms with E-state index in [-0.39, 0.29) is 18.7 Å². The van der Waals surface area contributed by atoms with E-state index in [1.807, 2.05) is 36.5 Å². The van der Waals surface area contributed by atoms with Gasteiger partial charge in [0.1, 0.15) is 29.1 Å². The third-order valence-electron chi connectivity index (χ3n) is 5.65. The van der Waals surface area contributed by atoms with Gasteiger partial charge < -0.3 is 4.74 Å². The van der Waals surface area contributed by atoms with E-state index in [0.29, 0.717) is 23.1 Å². The zero-order chi connectivity index (χ0) is 23.4. The largest absolute Gasteiger partial charge is 0.384 e. The highest BCUT2D eigenvalue weighted by molar-refractivity contribution is 5.88. The van der Waals surface area contributed by atoms with Crippen LogP contribution in [0.4, 0.5) is 13.2 Å². The minimum atomic E-state index is -0.903. The van der Waals surface area contributed by atoms with Crippen LogP contribution < -0.4 is 0 Å². The molecule has 0 aliphatic heterocycles. The zero-order valence-corrected chi connectivity index (χ0v) is 18.0. The summed E-state index contributed by atoms with van der Waals surface area (Å²) in [6.45, 7) is 0.633. The average Bonchev–Trinajstić information content (AvgIpc) is 2.82. The molecule has 6 heteroatoms. The Morgan fingerprint density at radius 2 is 1.67 bits per heavy atom. The SMILES string of the molecule is COCCc1ccc(-c2ccc3c(F)c(CCc4cc(F)c(C#N)c(F)c4)ccc3c2)nc1. The summed E-state index contributed by atoms with van der Waals surface area (Å²) in [5.41, 5.74) is 2.99. The molecule has 3 nitrogen and oxygen atoms in total. The Kier molecular flexibility index (Phi) is 6.71. The molecule has 0 fully saturated rings.